The maximum absolute atomic E-state index is 12.7. The molecular weight excluding hydrogens is 270 g/mol. The molecule has 3 saturated heterocycles. The summed E-state index contributed by atoms with van der Waals surface area (Å²) in [4.78, 5) is 17.3. The zero-order chi connectivity index (χ0) is 13.8. The van der Waals surface area contributed by atoms with Crippen LogP contribution in [0.4, 0.5) is 0 Å². The maximum Gasteiger partial charge on any atom is 0.239 e. The highest BCUT2D eigenvalue weighted by molar-refractivity contribution is 7.99. The third kappa shape index (κ3) is 3.49. The number of nitrogens with zero attached hydrogens (tertiary/aromatic N) is 2. The van der Waals surface area contributed by atoms with Gasteiger partial charge >= 0.3 is 0 Å². The molecule has 1 N–H and O–H groups in total. The van der Waals surface area contributed by atoms with E-state index in [1.54, 1.807) is 0 Å². The molecule has 0 aromatic heterocycles. The molecule has 0 aromatic carbocycles. The van der Waals surface area contributed by atoms with Gasteiger partial charge in [0.1, 0.15) is 0 Å². The second kappa shape index (κ2) is 7.14. The first-order chi connectivity index (χ1) is 9.84. The number of nitrogens with one attached hydrogen (secondary N) is 1. The van der Waals surface area contributed by atoms with Gasteiger partial charge in [0, 0.05) is 31.1 Å². The molecule has 0 bridgehead atoms. The van der Waals surface area contributed by atoms with Crippen LogP contribution in [-0.2, 0) is 4.79 Å². The summed E-state index contributed by atoms with van der Waals surface area (Å²) >= 11 is 1.97. The lowest BCUT2D eigenvalue weighted by atomic mass is 9.97. The van der Waals surface area contributed by atoms with E-state index in [-0.39, 0.29) is 6.04 Å². The lowest BCUT2D eigenvalue weighted by Crippen LogP contribution is -2.49. The second-order valence-corrected chi connectivity index (χ2v) is 7.51. The predicted molar refractivity (Wildman–Crippen MR) is 84.1 cm³/mol. The van der Waals surface area contributed by atoms with Crippen molar-refractivity contribution in [2.24, 2.45) is 5.92 Å². The molecule has 3 heterocycles. The number of amides is 1. The second-order valence-electron chi connectivity index (χ2n) is 6.28. The van der Waals surface area contributed by atoms with Crippen molar-refractivity contribution in [3.8, 4) is 0 Å². The Morgan fingerprint density at radius 1 is 1.10 bits per heavy atom. The van der Waals surface area contributed by atoms with Crippen LogP contribution in [0.15, 0.2) is 0 Å². The van der Waals surface area contributed by atoms with E-state index in [4.69, 9.17) is 0 Å². The molecule has 0 radical (unpaired) electrons. The molecule has 3 aliphatic rings. The van der Waals surface area contributed by atoms with Gasteiger partial charge in [0.2, 0.25) is 5.91 Å². The number of likely N-dealkylation sites (tertiary alicyclic amines) is 1. The minimum absolute atomic E-state index is 0.188. The number of hydrogen-bond acceptors (Lipinski definition) is 4. The van der Waals surface area contributed by atoms with E-state index in [0.717, 1.165) is 63.1 Å². The summed E-state index contributed by atoms with van der Waals surface area (Å²) in [6.07, 6.45) is 4.83. The van der Waals surface area contributed by atoms with Gasteiger partial charge in [-0.15, -0.1) is 0 Å². The summed E-state index contributed by atoms with van der Waals surface area (Å²) in [5, 5.41) is 3.43. The van der Waals surface area contributed by atoms with E-state index in [2.05, 4.69) is 15.1 Å². The van der Waals surface area contributed by atoms with Gasteiger partial charge in [-0.25, -0.2) is 0 Å². The van der Waals surface area contributed by atoms with Crippen LogP contribution in [0.25, 0.3) is 0 Å². The van der Waals surface area contributed by atoms with Gasteiger partial charge < -0.3 is 10.2 Å². The third-order valence-electron chi connectivity index (χ3n) is 4.92. The smallest absolute Gasteiger partial charge is 0.239 e. The molecule has 3 aliphatic heterocycles. The molecular formula is C15H27N3OS. The van der Waals surface area contributed by atoms with E-state index < -0.39 is 0 Å². The fourth-order valence-corrected chi connectivity index (χ4v) is 4.62. The molecule has 0 aliphatic carbocycles. The molecule has 20 heavy (non-hydrogen) atoms. The Kier molecular flexibility index (Phi) is 5.24. The number of hydrogen-bond donors (Lipinski definition) is 1. The van der Waals surface area contributed by atoms with Gasteiger partial charge in [0.05, 0.1) is 6.04 Å². The molecule has 0 aromatic rings. The van der Waals surface area contributed by atoms with Gasteiger partial charge in [-0.05, 0) is 51.2 Å². The van der Waals surface area contributed by atoms with Gasteiger partial charge in [-0.2, -0.15) is 11.8 Å². The highest BCUT2D eigenvalue weighted by atomic mass is 32.2. The molecule has 4 nitrogen and oxygen atoms in total. The van der Waals surface area contributed by atoms with Crippen molar-refractivity contribution in [1.29, 1.82) is 0 Å². The lowest BCUT2D eigenvalue weighted by molar-refractivity contribution is -0.135. The van der Waals surface area contributed by atoms with Crippen molar-refractivity contribution < 1.29 is 4.79 Å². The Bertz CT molecular complexity index is 327. The minimum Gasteiger partial charge on any atom is -0.340 e. The summed E-state index contributed by atoms with van der Waals surface area (Å²) in [5.74, 6) is 3.44. The normalized spacial score (nSPS) is 29.8. The van der Waals surface area contributed by atoms with Crippen LogP contribution in [0.1, 0.15) is 25.7 Å². The SMILES string of the molecule is O=C([C@@H]1CCCN1CC1CCNCC1)N1CCSCC1. The highest BCUT2D eigenvalue weighted by Gasteiger charge is 2.35. The predicted octanol–water partition coefficient (Wildman–Crippen LogP) is 1.03. The summed E-state index contributed by atoms with van der Waals surface area (Å²) in [5.41, 5.74) is 0. The van der Waals surface area contributed by atoms with E-state index in [1.165, 1.54) is 19.3 Å². The number of rotatable bonds is 3. The van der Waals surface area contributed by atoms with E-state index >= 15 is 0 Å². The largest absolute Gasteiger partial charge is 0.340 e. The molecule has 5 heteroatoms. The zero-order valence-corrected chi connectivity index (χ0v) is 13.2. The number of carbonyl (C=O) groups is 1. The topological polar surface area (TPSA) is 35.6 Å². The van der Waals surface area contributed by atoms with Crippen LogP contribution in [-0.4, -0.2) is 72.5 Å². The Labute approximate surface area is 126 Å². The van der Waals surface area contributed by atoms with Crippen molar-refractivity contribution >= 4 is 17.7 Å². The fraction of sp³-hybridized carbons (Fsp3) is 0.933. The monoisotopic (exact) mass is 297 g/mol. The van der Waals surface area contributed by atoms with Crippen LogP contribution in [0.5, 0.6) is 0 Å². The quantitative estimate of drug-likeness (QED) is 0.844. The molecule has 0 saturated carbocycles. The standard InChI is InChI=1S/C15H27N3OS/c19-15(17-8-10-20-11-9-17)14-2-1-7-18(14)12-13-3-5-16-6-4-13/h13-14,16H,1-12H2/t14-/m0/s1. The summed E-state index contributed by atoms with van der Waals surface area (Å²) in [6.45, 7) is 6.49. The zero-order valence-electron chi connectivity index (χ0n) is 12.4. The first kappa shape index (κ1) is 14.7. The Morgan fingerprint density at radius 3 is 2.60 bits per heavy atom. The summed E-state index contributed by atoms with van der Waals surface area (Å²) in [6, 6.07) is 0.188. The number of thioether (sulfide) groups is 1. The van der Waals surface area contributed by atoms with Gasteiger partial charge in [0.15, 0.2) is 0 Å². The van der Waals surface area contributed by atoms with Crippen LogP contribution in [0.2, 0.25) is 0 Å². The third-order valence-corrected chi connectivity index (χ3v) is 5.87. The average molecular weight is 297 g/mol. The fourth-order valence-electron chi connectivity index (χ4n) is 3.71. The van der Waals surface area contributed by atoms with Crippen molar-refractivity contribution in [2.45, 2.75) is 31.7 Å². The number of carbonyl (C=O) groups excluding carboxylic acids is 1. The Morgan fingerprint density at radius 2 is 1.85 bits per heavy atom. The van der Waals surface area contributed by atoms with Crippen LogP contribution in [0, 0.1) is 5.92 Å². The molecule has 3 fully saturated rings. The number of piperidine rings is 1. The van der Waals surface area contributed by atoms with Crippen LogP contribution >= 0.6 is 11.8 Å². The van der Waals surface area contributed by atoms with Crippen molar-refractivity contribution in [3.05, 3.63) is 0 Å². The first-order valence-electron chi connectivity index (χ1n) is 8.16. The van der Waals surface area contributed by atoms with Gasteiger partial charge in [0.25, 0.3) is 0 Å². The molecule has 1 amide bonds. The average Bonchev–Trinajstić information content (AvgIpc) is 2.96. The Hall–Kier alpha value is -0.260. The molecule has 0 spiro atoms. The van der Waals surface area contributed by atoms with Gasteiger partial charge in [-0.3, -0.25) is 9.69 Å². The maximum atomic E-state index is 12.7. The molecule has 0 unspecified atom stereocenters. The lowest BCUT2D eigenvalue weighted by Gasteiger charge is -2.34. The highest BCUT2D eigenvalue weighted by Crippen LogP contribution is 2.24. The van der Waals surface area contributed by atoms with E-state index in [1.807, 2.05) is 11.8 Å². The minimum atomic E-state index is 0.188. The van der Waals surface area contributed by atoms with Crippen molar-refractivity contribution in [2.75, 3.05) is 50.8 Å². The van der Waals surface area contributed by atoms with Crippen LogP contribution < -0.4 is 5.32 Å². The van der Waals surface area contributed by atoms with Crippen molar-refractivity contribution in [3.63, 3.8) is 0 Å². The van der Waals surface area contributed by atoms with Crippen LogP contribution in [0.3, 0.4) is 0 Å². The van der Waals surface area contributed by atoms with E-state index in [9.17, 15) is 4.79 Å². The summed E-state index contributed by atoms with van der Waals surface area (Å²) in [7, 11) is 0. The molecule has 114 valence electrons. The molecule has 1 atom stereocenters. The summed E-state index contributed by atoms with van der Waals surface area (Å²) < 4.78 is 0. The molecule has 3 rings (SSSR count). The van der Waals surface area contributed by atoms with E-state index in [0.29, 0.717) is 5.91 Å². The van der Waals surface area contributed by atoms with Gasteiger partial charge in [-0.1, -0.05) is 0 Å². The first-order valence-corrected chi connectivity index (χ1v) is 9.31. The van der Waals surface area contributed by atoms with Crippen molar-refractivity contribution in [1.82, 2.24) is 15.1 Å². The Balaban J connectivity index is 1.55.